The van der Waals surface area contributed by atoms with E-state index >= 15 is 0 Å². The van der Waals surface area contributed by atoms with Crippen molar-refractivity contribution in [3.05, 3.63) is 47.4 Å². The van der Waals surface area contributed by atoms with Gasteiger partial charge in [-0.25, -0.2) is 9.37 Å². The van der Waals surface area contributed by atoms with Gasteiger partial charge in [-0.2, -0.15) is 0 Å². The highest BCUT2D eigenvalue weighted by Crippen LogP contribution is 2.16. The van der Waals surface area contributed by atoms with Gasteiger partial charge < -0.3 is 14.8 Å². The zero-order valence-corrected chi connectivity index (χ0v) is 11.3. The third-order valence-electron chi connectivity index (χ3n) is 2.64. The molecule has 0 aliphatic rings. The second-order valence-electron chi connectivity index (χ2n) is 4.19. The van der Waals surface area contributed by atoms with Crippen LogP contribution >= 0.6 is 0 Å². The number of rotatable bonds is 3. The van der Waals surface area contributed by atoms with E-state index in [1.54, 1.807) is 6.92 Å². The summed E-state index contributed by atoms with van der Waals surface area (Å²) in [5, 5.41) is 11.2. The van der Waals surface area contributed by atoms with Gasteiger partial charge in [-0.1, -0.05) is 11.8 Å². The maximum absolute atomic E-state index is 13.6. The minimum absolute atomic E-state index is 0.0875. The quantitative estimate of drug-likeness (QED) is 0.848. The highest BCUT2D eigenvalue weighted by molar-refractivity contribution is 6.02. The number of anilines is 1. The van der Waals surface area contributed by atoms with Crippen molar-refractivity contribution in [2.75, 3.05) is 11.9 Å². The summed E-state index contributed by atoms with van der Waals surface area (Å²) >= 11 is 0. The molecule has 6 heteroatoms. The van der Waals surface area contributed by atoms with Crippen molar-refractivity contribution in [3.63, 3.8) is 0 Å². The fourth-order valence-corrected chi connectivity index (χ4v) is 1.62. The van der Waals surface area contributed by atoms with E-state index in [2.05, 4.69) is 22.1 Å². The van der Waals surface area contributed by atoms with Crippen LogP contribution in [0.3, 0.4) is 0 Å². The molecule has 0 bridgehead atoms. The van der Waals surface area contributed by atoms with Gasteiger partial charge >= 0.3 is 0 Å². The molecule has 0 unspecified atom stereocenters. The molecule has 2 aromatic rings. The van der Waals surface area contributed by atoms with Crippen molar-refractivity contribution in [2.24, 2.45) is 0 Å². The molecule has 0 aliphatic heterocycles. The summed E-state index contributed by atoms with van der Waals surface area (Å²) in [6.45, 7) is 1.56. The zero-order chi connectivity index (χ0) is 15.2. The van der Waals surface area contributed by atoms with Crippen LogP contribution < -0.4 is 5.32 Å². The third kappa shape index (κ3) is 3.68. The number of nitrogens with zero attached hydrogens (tertiary/aromatic N) is 1. The number of hydrogen-bond donors (Lipinski definition) is 2. The standard InChI is InChI=1S/C15H13FN2O3/c1-10-14(21-9-17-10)15(20)18-12-5-6-13(16)11(8-12)4-2-3-7-19/h5-6,8-9,19H,3,7H2,1H3,(H,18,20). The molecule has 1 aromatic heterocycles. The predicted octanol–water partition coefficient (Wildman–Crippen LogP) is 2.11. The maximum Gasteiger partial charge on any atom is 0.293 e. The number of hydrogen-bond acceptors (Lipinski definition) is 4. The Balaban J connectivity index is 2.18. The van der Waals surface area contributed by atoms with Crippen molar-refractivity contribution in [1.29, 1.82) is 0 Å². The fourth-order valence-electron chi connectivity index (χ4n) is 1.62. The molecule has 0 atom stereocenters. The van der Waals surface area contributed by atoms with Gasteiger partial charge in [0.15, 0.2) is 6.39 Å². The Kier molecular flexibility index (Phi) is 4.69. The van der Waals surface area contributed by atoms with Crippen LogP contribution in [0.25, 0.3) is 0 Å². The van der Waals surface area contributed by atoms with E-state index in [1.807, 2.05) is 0 Å². The Bertz CT molecular complexity index is 713. The fraction of sp³-hybridized carbons (Fsp3) is 0.200. The second kappa shape index (κ2) is 6.68. The maximum atomic E-state index is 13.6. The number of carbonyl (C=O) groups excluding carboxylic acids is 1. The molecule has 5 nitrogen and oxygen atoms in total. The predicted molar refractivity (Wildman–Crippen MR) is 74.2 cm³/mol. The van der Waals surface area contributed by atoms with Gasteiger partial charge in [-0.15, -0.1) is 0 Å². The lowest BCUT2D eigenvalue weighted by molar-refractivity contribution is 0.0996. The number of halogens is 1. The number of carbonyl (C=O) groups is 1. The molecule has 0 saturated heterocycles. The Hall–Kier alpha value is -2.65. The Morgan fingerprint density at radius 1 is 1.52 bits per heavy atom. The van der Waals surface area contributed by atoms with Gasteiger partial charge in [0.2, 0.25) is 5.76 Å². The molecule has 1 aromatic carbocycles. The van der Waals surface area contributed by atoms with Crippen LogP contribution in [0.4, 0.5) is 10.1 Å². The van der Waals surface area contributed by atoms with Crippen LogP contribution in [-0.4, -0.2) is 22.6 Å². The van der Waals surface area contributed by atoms with E-state index < -0.39 is 11.7 Å². The molecule has 2 rings (SSSR count). The summed E-state index contributed by atoms with van der Waals surface area (Å²) in [5.41, 5.74) is 1.01. The van der Waals surface area contributed by atoms with E-state index in [0.29, 0.717) is 11.4 Å². The average molecular weight is 288 g/mol. The van der Waals surface area contributed by atoms with Crippen LogP contribution in [-0.2, 0) is 0 Å². The van der Waals surface area contributed by atoms with Crippen molar-refractivity contribution >= 4 is 11.6 Å². The van der Waals surface area contributed by atoms with E-state index in [9.17, 15) is 9.18 Å². The Morgan fingerprint density at radius 3 is 3.00 bits per heavy atom. The van der Waals surface area contributed by atoms with Crippen LogP contribution in [0, 0.1) is 24.6 Å². The van der Waals surface area contributed by atoms with Crippen molar-refractivity contribution in [2.45, 2.75) is 13.3 Å². The van der Waals surface area contributed by atoms with Gasteiger partial charge in [0, 0.05) is 12.1 Å². The zero-order valence-electron chi connectivity index (χ0n) is 11.3. The molecule has 0 aliphatic carbocycles. The van der Waals surface area contributed by atoms with Crippen molar-refractivity contribution < 1.29 is 18.7 Å². The Labute approximate surface area is 120 Å². The number of benzene rings is 1. The van der Waals surface area contributed by atoms with Crippen molar-refractivity contribution in [1.82, 2.24) is 4.98 Å². The normalized spacial score (nSPS) is 9.86. The summed E-state index contributed by atoms with van der Waals surface area (Å²) in [6.07, 6.45) is 1.44. The number of aromatic nitrogens is 1. The van der Waals surface area contributed by atoms with E-state index in [0.717, 1.165) is 0 Å². The van der Waals surface area contributed by atoms with Gasteiger partial charge in [-0.05, 0) is 25.1 Å². The minimum atomic E-state index is -0.491. The minimum Gasteiger partial charge on any atom is -0.438 e. The van der Waals surface area contributed by atoms with Crippen molar-refractivity contribution in [3.8, 4) is 11.8 Å². The summed E-state index contributed by atoms with van der Waals surface area (Å²) in [4.78, 5) is 15.8. The van der Waals surface area contributed by atoms with E-state index in [-0.39, 0.29) is 24.4 Å². The van der Waals surface area contributed by atoms with Crippen LogP contribution in [0.5, 0.6) is 0 Å². The summed E-state index contributed by atoms with van der Waals surface area (Å²) in [5.74, 6) is 4.38. The average Bonchev–Trinajstić information content (AvgIpc) is 2.89. The topological polar surface area (TPSA) is 75.4 Å². The molecular weight excluding hydrogens is 275 g/mol. The van der Waals surface area contributed by atoms with Gasteiger partial charge in [-0.3, -0.25) is 4.79 Å². The number of aliphatic hydroxyl groups excluding tert-OH is 1. The van der Waals surface area contributed by atoms with E-state index in [1.165, 1.54) is 24.6 Å². The molecule has 21 heavy (non-hydrogen) atoms. The number of aryl methyl sites for hydroxylation is 1. The molecule has 1 amide bonds. The summed E-state index contributed by atoms with van der Waals surface area (Å²) in [7, 11) is 0. The second-order valence-corrected chi connectivity index (χ2v) is 4.19. The first-order chi connectivity index (χ1) is 10.1. The molecule has 0 fully saturated rings. The number of nitrogens with one attached hydrogen (secondary N) is 1. The largest absolute Gasteiger partial charge is 0.438 e. The molecule has 2 N–H and O–H groups in total. The SMILES string of the molecule is Cc1ncoc1C(=O)Nc1ccc(F)c(C#CCCO)c1. The lowest BCUT2D eigenvalue weighted by atomic mass is 10.2. The Morgan fingerprint density at radius 2 is 2.33 bits per heavy atom. The first-order valence-corrected chi connectivity index (χ1v) is 6.22. The molecule has 1 heterocycles. The smallest absolute Gasteiger partial charge is 0.293 e. The number of oxazole rings is 1. The monoisotopic (exact) mass is 288 g/mol. The summed E-state index contributed by atoms with van der Waals surface area (Å²) in [6, 6.07) is 4.06. The highest BCUT2D eigenvalue weighted by atomic mass is 19.1. The lowest BCUT2D eigenvalue weighted by Crippen LogP contribution is -2.12. The first-order valence-electron chi connectivity index (χ1n) is 6.22. The van der Waals surface area contributed by atoms with Crippen LogP contribution in [0.15, 0.2) is 29.0 Å². The lowest BCUT2D eigenvalue weighted by Gasteiger charge is -2.04. The van der Waals surface area contributed by atoms with Crippen LogP contribution in [0.2, 0.25) is 0 Å². The number of aliphatic hydroxyl groups is 1. The first kappa shape index (κ1) is 14.8. The highest BCUT2D eigenvalue weighted by Gasteiger charge is 2.14. The van der Waals surface area contributed by atoms with E-state index in [4.69, 9.17) is 9.52 Å². The van der Waals surface area contributed by atoms with Gasteiger partial charge in [0.1, 0.15) is 5.82 Å². The molecular formula is C15H13FN2O3. The molecule has 0 radical (unpaired) electrons. The summed E-state index contributed by atoms with van der Waals surface area (Å²) < 4.78 is 18.5. The molecule has 0 spiro atoms. The van der Waals surface area contributed by atoms with Crippen LogP contribution in [0.1, 0.15) is 28.2 Å². The van der Waals surface area contributed by atoms with Gasteiger partial charge in [0.05, 0.1) is 17.9 Å². The molecule has 108 valence electrons. The molecule has 0 saturated carbocycles. The van der Waals surface area contributed by atoms with Gasteiger partial charge in [0.25, 0.3) is 5.91 Å². The third-order valence-corrected chi connectivity index (χ3v) is 2.64. The number of amides is 1.